The molecule has 0 amide bonds. The fraction of sp³-hybridized carbons (Fsp3) is 0.826. The van der Waals surface area contributed by atoms with Crippen molar-refractivity contribution in [3.63, 3.8) is 0 Å². The fourth-order valence-corrected chi connectivity index (χ4v) is 5.49. The van der Waals surface area contributed by atoms with E-state index >= 15 is 0 Å². The van der Waals surface area contributed by atoms with Gasteiger partial charge >= 0.3 is 5.97 Å². The summed E-state index contributed by atoms with van der Waals surface area (Å²) in [5, 5.41) is 40.2. The molecule has 2 fully saturated rings. The van der Waals surface area contributed by atoms with E-state index in [-0.39, 0.29) is 23.5 Å². The van der Waals surface area contributed by atoms with Crippen LogP contribution in [0, 0.1) is 17.8 Å². The van der Waals surface area contributed by atoms with E-state index in [2.05, 4.69) is 0 Å². The van der Waals surface area contributed by atoms with Crippen LogP contribution in [0.3, 0.4) is 0 Å². The van der Waals surface area contributed by atoms with E-state index < -0.39 is 55.0 Å². The number of allylic oxidation sites excluding steroid dienone is 2. The van der Waals surface area contributed by atoms with E-state index in [0.717, 1.165) is 11.1 Å². The number of carbonyl (C=O) groups excluding carboxylic acids is 2. The highest BCUT2D eigenvalue weighted by Gasteiger charge is 2.50. The Kier molecular flexibility index (Phi) is 7.49. The first-order chi connectivity index (χ1) is 14.9. The Bertz CT molecular complexity index is 759. The number of aliphatic hydroxyl groups is 4. The van der Waals surface area contributed by atoms with Gasteiger partial charge in [0.2, 0.25) is 0 Å². The Morgan fingerprint density at radius 3 is 2.41 bits per heavy atom. The molecule has 1 aliphatic heterocycles. The van der Waals surface area contributed by atoms with Gasteiger partial charge in [-0.2, -0.15) is 0 Å². The van der Waals surface area contributed by atoms with E-state index in [0.29, 0.717) is 19.3 Å². The molecule has 1 saturated heterocycles. The maximum absolute atomic E-state index is 12.4. The predicted octanol–water partition coefficient (Wildman–Crippen LogP) is 0.465. The summed E-state index contributed by atoms with van der Waals surface area (Å²) in [6.07, 6.45) is -6.02. The average molecular weight is 457 g/mol. The molecule has 0 aromatic heterocycles. The van der Waals surface area contributed by atoms with Gasteiger partial charge in [-0.05, 0) is 51.0 Å². The molecule has 2 aliphatic carbocycles. The van der Waals surface area contributed by atoms with Crippen LogP contribution in [0.15, 0.2) is 11.1 Å². The summed E-state index contributed by atoms with van der Waals surface area (Å²) in [6, 6.07) is 0. The van der Waals surface area contributed by atoms with Crippen molar-refractivity contribution in [2.24, 2.45) is 17.8 Å². The molecule has 3 rings (SSSR count). The molecule has 4 N–H and O–H groups in total. The number of carbonyl (C=O) groups is 2. The summed E-state index contributed by atoms with van der Waals surface area (Å²) in [5.41, 5.74) is 0.851. The number of esters is 1. The van der Waals surface area contributed by atoms with Crippen molar-refractivity contribution in [3.8, 4) is 0 Å². The van der Waals surface area contributed by atoms with Crippen LogP contribution in [-0.4, -0.2) is 81.2 Å². The monoisotopic (exact) mass is 456 g/mol. The lowest BCUT2D eigenvalue weighted by Gasteiger charge is -2.44. The number of fused-ring (bicyclic) bond motifs is 1. The predicted molar refractivity (Wildman–Crippen MR) is 112 cm³/mol. The maximum Gasteiger partial charge on any atom is 0.303 e. The van der Waals surface area contributed by atoms with Crippen molar-refractivity contribution in [2.45, 2.75) is 96.3 Å². The van der Waals surface area contributed by atoms with Gasteiger partial charge in [-0.3, -0.25) is 9.59 Å². The second-order valence-corrected chi connectivity index (χ2v) is 9.98. The summed E-state index contributed by atoms with van der Waals surface area (Å²) < 4.78 is 17.4. The Balaban J connectivity index is 1.94. The second kappa shape index (κ2) is 9.48. The molecular weight excluding hydrogens is 420 g/mol. The lowest BCUT2D eigenvalue weighted by Crippen LogP contribution is -2.60. The van der Waals surface area contributed by atoms with Crippen LogP contribution in [0.25, 0.3) is 0 Å². The second-order valence-electron chi connectivity index (χ2n) is 9.98. The van der Waals surface area contributed by atoms with Gasteiger partial charge in [0.1, 0.15) is 30.0 Å². The van der Waals surface area contributed by atoms with Crippen molar-refractivity contribution in [2.75, 3.05) is 6.61 Å². The number of hydrogen-bond donors (Lipinski definition) is 4. The van der Waals surface area contributed by atoms with Crippen LogP contribution < -0.4 is 0 Å². The van der Waals surface area contributed by atoms with Crippen molar-refractivity contribution < 1.29 is 44.2 Å². The molecule has 9 heteroatoms. The first-order valence-corrected chi connectivity index (χ1v) is 11.3. The summed E-state index contributed by atoms with van der Waals surface area (Å²) in [7, 11) is 0. The van der Waals surface area contributed by atoms with Gasteiger partial charge in [0.25, 0.3) is 0 Å². The Morgan fingerprint density at radius 2 is 1.81 bits per heavy atom. The summed E-state index contributed by atoms with van der Waals surface area (Å²) >= 11 is 0. The fourth-order valence-electron chi connectivity index (χ4n) is 5.49. The highest BCUT2D eigenvalue weighted by Crippen LogP contribution is 2.48. The average Bonchev–Trinajstić information content (AvgIpc) is 2.90. The van der Waals surface area contributed by atoms with Crippen molar-refractivity contribution >= 4 is 11.8 Å². The molecule has 32 heavy (non-hydrogen) atoms. The highest BCUT2D eigenvalue weighted by atomic mass is 16.7. The molecule has 3 aliphatic rings. The third-order valence-electron chi connectivity index (χ3n) is 7.39. The standard InChI is InChI=1S/C23H36O9/c1-10-6-17(30-22-21(29)20(28)19(27)18(9-24)31-22)15(23(4,5)32-12(3)25)7-14-11(2)16(26)8-13(10)14/h10,13,15,17-22,24,27-29H,6-9H2,1-5H3/t10-,13-,15-,17-,18+,19+,20-,21+,22+/m0/s1. The quantitative estimate of drug-likeness (QED) is 0.434. The van der Waals surface area contributed by atoms with Crippen LogP contribution in [0.2, 0.25) is 0 Å². The smallest absolute Gasteiger partial charge is 0.303 e. The van der Waals surface area contributed by atoms with Crippen LogP contribution in [0.5, 0.6) is 0 Å². The van der Waals surface area contributed by atoms with E-state index in [1.807, 2.05) is 13.8 Å². The van der Waals surface area contributed by atoms with Crippen LogP contribution in [0.1, 0.15) is 53.9 Å². The number of ether oxygens (including phenoxy) is 3. The van der Waals surface area contributed by atoms with Crippen molar-refractivity contribution in [1.29, 1.82) is 0 Å². The number of hydrogen-bond acceptors (Lipinski definition) is 9. The zero-order valence-corrected chi connectivity index (χ0v) is 19.4. The molecule has 0 radical (unpaired) electrons. The molecular formula is C23H36O9. The minimum Gasteiger partial charge on any atom is -0.459 e. The van der Waals surface area contributed by atoms with Gasteiger partial charge in [0.05, 0.1) is 12.7 Å². The number of aliphatic hydroxyl groups excluding tert-OH is 4. The maximum atomic E-state index is 12.4. The molecule has 9 atom stereocenters. The van der Waals surface area contributed by atoms with Crippen LogP contribution in [-0.2, 0) is 23.8 Å². The molecule has 0 bridgehead atoms. The van der Waals surface area contributed by atoms with E-state index in [1.165, 1.54) is 6.92 Å². The molecule has 0 aromatic carbocycles. The molecule has 1 heterocycles. The van der Waals surface area contributed by atoms with E-state index in [1.54, 1.807) is 13.8 Å². The lowest BCUT2D eigenvalue weighted by atomic mass is 9.80. The lowest BCUT2D eigenvalue weighted by molar-refractivity contribution is -0.319. The van der Waals surface area contributed by atoms with Crippen LogP contribution in [0.4, 0.5) is 0 Å². The summed E-state index contributed by atoms with van der Waals surface area (Å²) in [5.74, 6) is -0.513. The zero-order valence-electron chi connectivity index (χ0n) is 19.4. The summed E-state index contributed by atoms with van der Waals surface area (Å²) in [4.78, 5) is 24.2. The summed E-state index contributed by atoms with van der Waals surface area (Å²) in [6.45, 7) is 8.24. The molecule has 0 spiro atoms. The molecule has 0 aromatic rings. The third kappa shape index (κ3) is 4.78. The number of Topliss-reactive ketones (excluding diaryl/α,β-unsaturated/α-hetero) is 1. The van der Waals surface area contributed by atoms with Gasteiger partial charge in [-0.1, -0.05) is 12.5 Å². The van der Waals surface area contributed by atoms with Gasteiger partial charge in [0.15, 0.2) is 12.1 Å². The Morgan fingerprint density at radius 1 is 1.16 bits per heavy atom. The normalized spacial score (nSPS) is 40.8. The van der Waals surface area contributed by atoms with E-state index in [9.17, 15) is 30.0 Å². The third-order valence-corrected chi connectivity index (χ3v) is 7.39. The van der Waals surface area contributed by atoms with Crippen LogP contribution >= 0.6 is 0 Å². The topological polar surface area (TPSA) is 143 Å². The van der Waals surface area contributed by atoms with Crippen molar-refractivity contribution in [3.05, 3.63) is 11.1 Å². The molecule has 0 unspecified atom stereocenters. The first kappa shape index (κ1) is 25.3. The number of ketones is 1. The highest BCUT2D eigenvalue weighted by molar-refractivity contribution is 5.98. The minimum atomic E-state index is -1.55. The minimum absolute atomic E-state index is 0.0709. The van der Waals surface area contributed by atoms with E-state index in [4.69, 9.17) is 14.2 Å². The molecule has 1 saturated carbocycles. The largest absolute Gasteiger partial charge is 0.459 e. The van der Waals surface area contributed by atoms with Gasteiger partial charge < -0.3 is 34.6 Å². The van der Waals surface area contributed by atoms with Crippen molar-refractivity contribution in [1.82, 2.24) is 0 Å². The van der Waals surface area contributed by atoms with Gasteiger partial charge in [-0.15, -0.1) is 0 Å². The molecule has 9 nitrogen and oxygen atoms in total. The SMILES string of the molecule is CC(=O)OC(C)(C)[C@H]1CC2=C(C)C(=O)C[C@H]2[C@@H](C)C[C@@H]1O[C@@H]1O[C@H](CO)[C@@H](O)[C@H](O)[C@H]1O. The first-order valence-electron chi connectivity index (χ1n) is 11.3. The number of rotatable bonds is 5. The Labute approximate surface area is 188 Å². The Hall–Kier alpha value is -1.36. The van der Waals surface area contributed by atoms with Gasteiger partial charge in [0, 0.05) is 19.3 Å². The zero-order chi connectivity index (χ0) is 24.0. The molecule has 182 valence electrons. The van der Waals surface area contributed by atoms with Gasteiger partial charge in [-0.25, -0.2) is 0 Å².